The molecule has 7 nitrogen and oxygen atoms in total. The molecule has 0 fully saturated rings. The molecule has 0 aromatic heterocycles. The Morgan fingerprint density at radius 1 is 1.12 bits per heavy atom. The van der Waals surface area contributed by atoms with Gasteiger partial charge in [0.15, 0.2) is 18.1 Å². The summed E-state index contributed by atoms with van der Waals surface area (Å²) < 4.78 is 10.6. The Bertz CT molecular complexity index is 810. The number of methoxy groups -OCH3 is 1. The third-order valence-corrected chi connectivity index (χ3v) is 3.31. The fourth-order valence-corrected chi connectivity index (χ4v) is 2.05. The summed E-state index contributed by atoms with van der Waals surface area (Å²) in [7, 11) is 3.00. The van der Waals surface area contributed by atoms with Crippen LogP contribution in [-0.4, -0.2) is 32.6 Å². The predicted molar refractivity (Wildman–Crippen MR) is 91.7 cm³/mol. The summed E-state index contributed by atoms with van der Waals surface area (Å²) >= 11 is 0. The summed E-state index contributed by atoms with van der Waals surface area (Å²) in [5.41, 5.74) is 1.48. The first-order valence-corrected chi connectivity index (χ1v) is 7.40. The number of nitrogens with zero attached hydrogens (tertiary/aromatic N) is 1. The van der Waals surface area contributed by atoms with Gasteiger partial charge in [0.2, 0.25) is 0 Å². The van der Waals surface area contributed by atoms with Gasteiger partial charge in [-0.1, -0.05) is 0 Å². The highest BCUT2D eigenvalue weighted by Gasteiger charge is 2.09. The molecule has 0 saturated heterocycles. The van der Waals surface area contributed by atoms with Crippen LogP contribution in [0.1, 0.15) is 15.9 Å². The van der Waals surface area contributed by atoms with Gasteiger partial charge in [-0.3, -0.25) is 9.59 Å². The number of anilines is 1. The SMILES string of the molecule is CNC(=O)c1ccc(NC(=O)COc2ccc(C#N)cc2OC)cc1. The van der Waals surface area contributed by atoms with Crippen LogP contribution in [0.25, 0.3) is 0 Å². The van der Waals surface area contributed by atoms with Crippen LogP contribution in [0, 0.1) is 11.3 Å². The molecule has 0 spiro atoms. The van der Waals surface area contributed by atoms with E-state index in [1.807, 2.05) is 6.07 Å². The van der Waals surface area contributed by atoms with Gasteiger partial charge in [-0.15, -0.1) is 0 Å². The van der Waals surface area contributed by atoms with Gasteiger partial charge in [-0.25, -0.2) is 0 Å². The highest BCUT2D eigenvalue weighted by Crippen LogP contribution is 2.27. The van der Waals surface area contributed by atoms with Gasteiger partial charge in [-0.05, 0) is 36.4 Å². The van der Waals surface area contributed by atoms with Crippen molar-refractivity contribution in [2.45, 2.75) is 0 Å². The zero-order valence-electron chi connectivity index (χ0n) is 13.8. The molecule has 2 aromatic carbocycles. The lowest BCUT2D eigenvalue weighted by atomic mass is 10.2. The zero-order valence-corrected chi connectivity index (χ0v) is 13.8. The summed E-state index contributed by atoms with van der Waals surface area (Å²) in [5.74, 6) is 0.182. The third-order valence-electron chi connectivity index (χ3n) is 3.31. The van der Waals surface area contributed by atoms with Crippen LogP contribution in [0.15, 0.2) is 42.5 Å². The van der Waals surface area contributed by atoms with Gasteiger partial charge in [0.25, 0.3) is 11.8 Å². The maximum absolute atomic E-state index is 12.0. The van der Waals surface area contributed by atoms with Crippen molar-refractivity contribution in [3.8, 4) is 17.6 Å². The Kier molecular flexibility index (Phi) is 5.96. The van der Waals surface area contributed by atoms with E-state index in [1.165, 1.54) is 13.2 Å². The fraction of sp³-hybridized carbons (Fsp3) is 0.167. The van der Waals surface area contributed by atoms with Crippen LogP contribution in [0.5, 0.6) is 11.5 Å². The predicted octanol–water partition coefficient (Wildman–Crippen LogP) is 1.94. The van der Waals surface area contributed by atoms with E-state index in [0.717, 1.165) is 0 Å². The monoisotopic (exact) mass is 339 g/mol. The van der Waals surface area contributed by atoms with E-state index in [1.54, 1.807) is 43.4 Å². The Balaban J connectivity index is 1.95. The molecular formula is C18H17N3O4. The van der Waals surface area contributed by atoms with Gasteiger partial charge in [0.05, 0.1) is 18.7 Å². The first kappa shape index (κ1) is 17.8. The smallest absolute Gasteiger partial charge is 0.262 e. The van der Waals surface area contributed by atoms with E-state index in [-0.39, 0.29) is 18.4 Å². The number of rotatable bonds is 6. The van der Waals surface area contributed by atoms with Crippen molar-refractivity contribution in [3.05, 3.63) is 53.6 Å². The molecule has 0 radical (unpaired) electrons. The minimum atomic E-state index is -0.362. The van der Waals surface area contributed by atoms with Crippen LogP contribution >= 0.6 is 0 Å². The van der Waals surface area contributed by atoms with Crippen molar-refractivity contribution in [3.63, 3.8) is 0 Å². The molecule has 2 aromatic rings. The van der Waals surface area contributed by atoms with Crippen molar-refractivity contribution < 1.29 is 19.1 Å². The normalized spacial score (nSPS) is 9.64. The molecule has 0 unspecified atom stereocenters. The molecule has 128 valence electrons. The second-order valence-electron chi connectivity index (χ2n) is 4.97. The number of amides is 2. The average Bonchev–Trinajstić information content (AvgIpc) is 2.66. The van der Waals surface area contributed by atoms with E-state index in [0.29, 0.717) is 28.3 Å². The van der Waals surface area contributed by atoms with Crippen LogP contribution in [-0.2, 0) is 4.79 Å². The van der Waals surface area contributed by atoms with E-state index in [9.17, 15) is 9.59 Å². The second-order valence-corrected chi connectivity index (χ2v) is 4.97. The molecule has 0 bridgehead atoms. The lowest BCUT2D eigenvalue weighted by Crippen LogP contribution is -2.21. The molecule has 7 heteroatoms. The molecule has 0 aliphatic carbocycles. The Morgan fingerprint density at radius 3 is 2.44 bits per heavy atom. The van der Waals surface area contributed by atoms with E-state index < -0.39 is 0 Å². The molecule has 0 aliphatic rings. The molecule has 0 heterocycles. The van der Waals surface area contributed by atoms with Crippen LogP contribution in [0.3, 0.4) is 0 Å². The topological polar surface area (TPSA) is 100 Å². The lowest BCUT2D eigenvalue weighted by molar-refractivity contribution is -0.118. The highest BCUT2D eigenvalue weighted by atomic mass is 16.5. The largest absolute Gasteiger partial charge is 0.493 e. The summed E-state index contributed by atoms with van der Waals surface area (Å²) in [6.07, 6.45) is 0. The van der Waals surface area contributed by atoms with Crippen molar-refractivity contribution in [1.29, 1.82) is 5.26 Å². The van der Waals surface area contributed by atoms with E-state index >= 15 is 0 Å². The molecule has 2 N–H and O–H groups in total. The third kappa shape index (κ3) is 4.72. The molecule has 2 amide bonds. The van der Waals surface area contributed by atoms with Crippen molar-refractivity contribution >= 4 is 17.5 Å². The summed E-state index contributed by atoms with van der Waals surface area (Å²) in [6.45, 7) is -0.223. The van der Waals surface area contributed by atoms with Gasteiger partial charge >= 0.3 is 0 Å². The van der Waals surface area contributed by atoms with E-state index in [2.05, 4.69) is 10.6 Å². The maximum Gasteiger partial charge on any atom is 0.262 e. The lowest BCUT2D eigenvalue weighted by Gasteiger charge is -2.11. The minimum absolute atomic E-state index is 0.200. The van der Waals surface area contributed by atoms with Gasteiger partial charge < -0.3 is 20.1 Å². The van der Waals surface area contributed by atoms with Crippen molar-refractivity contribution in [2.24, 2.45) is 0 Å². The molecule has 0 aliphatic heterocycles. The van der Waals surface area contributed by atoms with Crippen molar-refractivity contribution in [1.82, 2.24) is 5.32 Å². The quantitative estimate of drug-likeness (QED) is 0.838. The summed E-state index contributed by atoms with van der Waals surface area (Å²) in [4.78, 5) is 23.4. The molecule has 0 atom stereocenters. The first-order chi connectivity index (χ1) is 12.1. The molecule has 25 heavy (non-hydrogen) atoms. The number of nitrogens with one attached hydrogen (secondary N) is 2. The standard InChI is InChI=1S/C18H17N3O4/c1-20-18(23)13-4-6-14(7-5-13)21-17(22)11-25-15-8-3-12(10-19)9-16(15)24-2/h3-9H,11H2,1-2H3,(H,20,23)(H,21,22). The number of carbonyl (C=O) groups excluding carboxylic acids is 2. The zero-order chi connectivity index (χ0) is 18.2. The van der Waals surface area contributed by atoms with Crippen molar-refractivity contribution in [2.75, 3.05) is 26.1 Å². The van der Waals surface area contributed by atoms with Gasteiger partial charge in [0.1, 0.15) is 0 Å². The minimum Gasteiger partial charge on any atom is -0.493 e. The van der Waals surface area contributed by atoms with Crippen LogP contribution in [0.4, 0.5) is 5.69 Å². The highest BCUT2D eigenvalue weighted by molar-refractivity contribution is 5.95. The Labute approximate surface area is 145 Å². The molecular weight excluding hydrogens is 322 g/mol. The average molecular weight is 339 g/mol. The number of ether oxygens (including phenoxy) is 2. The maximum atomic E-state index is 12.0. The number of carbonyl (C=O) groups is 2. The number of hydrogen-bond donors (Lipinski definition) is 2. The Hall–Kier alpha value is -3.53. The Morgan fingerprint density at radius 2 is 1.84 bits per heavy atom. The first-order valence-electron chi connectivity index (χ1n) is 7.40. The fourth-order valence-electron chi connectivity index (χ4n) is 2.05. The van der Waals surface area contributed by atoms with E-state index in [4.69, 9.17) is 14.7 Å². The number of hydrogen-bond acceptors (Lipinski definition) is 5. The van der Waals surface area contributed by atoms with Gasteiger partial charge in [0, 0.05) is 24.4 Å². The second kappa shape index (κ2) is 8.36. The van der Waals surface area contributed by atoms with Crippen LogP contribution < -0.4 is 20.1 Å². The van der Waals surface area contributed by atoms with Crippen LogP contribution in [0.2, 0.25) is 0 Å². The summed E-state index contributed by atoms with van der Waals surface area (Å²) in [6, 6.07) is 13.2. The number of nitriles is 1. The van der Waals surface area contributed by atoms with Gasteiger partial charge in [-0.2, -0.15) is 5.26 Å². The summed E-state index contributed by atoms with van der Waals surface area (Å²) in [5, 5.41) is 14.1. The molecule has 0 saturated carbocycles. The number of benzene rings is 2. The molecule has 2 rings (SSSR count).